The second kappa shape index (κ2) is 7.11. The third kappa shape index (κ3) is 5.15. The molecule has 0 saturated carbocycles. The molecule has 1 rings (SSSR count). The molecule has 0 aromatic carbocycles. The maximum Gasteiger partial charge on any atom is 0.274 e. The molecule has 1 fully saturated rings. The lowest BCUT2D eigenvalue weighted by molar-refractivity contribution is -0.946. The van der Waals surface area contributed by atoms with Gasteiger partial charge in [0.25, 0.3) is 10.2 Å². The third-order valence-corrected chi connectivity index (χ3v) is 4.00. The topological polar surface area (TPSA) is 51.3 Å². The van der Waals surface area contributed by atoms with Crippen LogP contribution in [0.1, 0.15) is 47.5 Å². The second-order valence-electron chi connectivity index (χ2n) is 6.83. The van der Waals surface area contributed by atoms with Gasteiger partial charge in [0, 0.05) is 26.1 Å². The number of hydrogen-bond donors (Lipinski definition) is 1. The molecule has 0 aromatic rings. The first-order valence-electron chi connectivity index (χ1n) is 7.56. The Hall–Kier alpha value is -1.04. The summed E-state index contributed by atoms with van der Waals surface area (Å²) in [6.07, 6.45) is 2.24. The van der Waals surface area contributed by atoms with E-state index in [1.54, 1.807) is 12.1 Å². The van der Waals surface area contributed by atoms with Crippen molar-refractivity contribution in [2.45, 2.75) is 59.1 Å². The molecule has 0 amide bonds. The molecule has 0 bridgehead atoms. The van der Waals surface area contributed by atoms with Crippen LogP contribution in [0.2, 0.25) is 0 Å². The molecular formula is C14H31N4O2+. The van der Waals surface area contributed by atoms with E-state index >= 15 is 0 Å². The molecule has 1 aliphatic heterocycles. The number of hydrazine groups is 1. The van der Waals surface area contributed by atoms with E-state index in [1.165, 1.54) is 6.42 Å². The van der Waals surface area contributed by atoms with Crippen molar-refractivity contribution in [2.75, 3.05) is 26.7 Å². The van der Waals surface area contributed by atoms with Crippen LogP contribution in [0, 0.1) is 5.92 Å². The molecule has 0 aromatic heterocycles. The van der Waals surface area contributed by atoms with Gasteiger partial charge in [-0.1, -0.05) is 20.3 Å². The molecule has 1 saturated heterocycles. The fourth-order valence-corrected chi connectivity index (χ4v) is 2.05. The predicted molar refractivity (Wildman–Crippen MR) is 77.4 cm³/mol. The highest BCUT2D eigenvalue weighted by molar-refractivity contribution is 4.76. The lowest BCUT2D eigenvalue weighted by atomic mass is 10.1. The van der Waals surface area contributed by atoms with E-state index in [9.17, 15) is 5.21 Å². The molecule has 1 heterocycles. The highest BCUT2D eigenvalue weighted by Crippen LogP contribution is 2.16. The Morgan fingerprint density at radius 3 is 2.70 bits per heavy atom. The Labute approximate surface area is 122 Å². The van der Waals surface area contributed by atoms with Gasteiger partial charge in [-0.05, 0) is 26.7 Å². The summed E-state index contributed by atoms with van der Waals surface area (Å²) in [4.78, 5) is 8.64. The van der Waals surface area contributed by atoms with E-state index in [0.29, 0.717) is 5.92 Å². The van der Waals surface area contributed by atoms with Crippen LogP contribution in [0.4, 0.5) is 0 Å². The van der Waals surface area contributed by atoms with Gasteiger partial charge in [-0.15, -0.1) is 5.01 Å². The highest BCUT2D eigenvalue weighted by atomic mass is 16.7. The van der Waals surface area contributed by atoms with Crippen molar-refractivity contribution >= 4 is 0 Å². The lowest BCUT2D eigenvalue weighted by Gasteiger charge is -2.22. The Morgan fingerprint density at radius 2 is 2.15 bits per heavy atom. The Morgan fingerprint density at radius 1 is 1.50 bits per heavy atom. The van der Waals surface area contributed by atoms with Gasteiger partial charge in [-0.3, -0.25) is 4.90 Å². The van der Waals surface area contributed by atoms with E-state index in [1.807, 2.05) is 20.8 Å². The zero-order valence-corrected chi connectivity index (χ0v) is 13.8. The molecule has 118 valence electrons. The zero-order valence-electron chi connectivity index (χ0n) is 13.8. The maximum absolute atomic E-state index is 9.82. The van der Waals surface area contributed by atoms with Gasteiger partial charge in [0.05, 0.1) is 12.6 Å². The van der Waals surface area contributed by atoms with Gasteiger partial charge in [0.1, 0.15) is 6.10 Å². The van der Waals surface area contributed by atoms with Crippen LogP contribution in [0.3, 0.4) is 0 Å². The standard InChI is InChI=1S/C14H31N4O2/c1-7-12(2)10-17-9-8-13(11-17)20-15-18(19)16(6)14(3,4)5/h12-13H,7-11H2,1-6H3,(H,15,19)/q+1/t12?,13-/m1/s1. The van der Waals surface area contributed by atoms with Crippen LogP contribution in [-0.4, -0.2) is 58.4 Å². The summed E-state index contributed by atoms with van der Waals surface area (Å²) >= 11 is 0. The van der Waals surface area contributed by atoms with Crippen LogP contribution in [-0.2, 0) is 4.84 Å². The zero-order chi connectivity index (χ0) is 15.3. The first kappa shape index (κ1) is 17.0. The summed E-state index contributed by atoms with van der Waals surface area (Å²) in [5, 5.41) is 15.2. The van der Waals surface area contributed by atoms with Crippen LogP contribution in [0.15, 0.2) is 5.28 Å². The van der Waals surface area contributed by atoms with Crippen molar-refractivity contribution in [3.8, 4) is 0 Å². The fraction of sp³-hybridized carbons (Fsp3) is 1.00. The normalized spacial score (nSPS) is 22.9. The van der Waals surface area contributed by atoms with E-state index in [0.717, 1.165) is 31.0 Å². The number of hydrogen-bond acceptors (Lipinski definition) is 3. The molecule has 1 unspecified atom stereocenters. The maximum atomic E-state index is 9.82. The highest BCUT2D eigenvalue weighted by Gasteiger charge is 2.30. The number of rotatable bonds is 6. The minimum Gasteiger partial charge on any atom is -0.337 e. The summed E-state index contributed by atoms with van der Waals surface area (Å²) < 4.78 is 0. The largest absolute Gasteiger partial charge is 0.337 e. The monoisotopic (exact) mass is 287 g/mol. The summed E-state index contributed by atoms with van der Waals surface area (Å²) in [5.74, 6) is 0.715. The molecule has 0 spiro atoms. The number of likely N-dealkylation sites (tertiary alicyclic amines) is 1. The van der Waals surface area contributed by atoms with Gasteiger partial charge in [0.2, 0.25) is 0 Å². The van der Waals surface area contributed by atoms with Gasteiger partial charge >= 0.3 is 0 Å². The molecule has 2 atom stereocenters. The average molecular weight is 287 g/mol. The average Bonchev–Trinajstić information content (AvgIpc) is 2.81. The summed E-state index contributed by atoms with van der Waals surface area (Å²) in [5.41, 5.74) is -0.208. The van der Waals surface area contributed by atoms with E-state index in [-0.39, 0.29) is 11.6 Å². The van der Waals surface area contributed by atoms with E-state index in [2.05, 4.69) is 24.0 Å². The number of nitrogens with zero attached hydrogens (tertiary/aromatic N) is 4. The van der Waals surface area contributed by atoms with Crippen LogP contribution < -0.4 is 0 Å². The van der Waals surface area contributed by atoms with Crippen LogP contribution in [0.5, 0.6) is 0 Å². The Bertz CT molecular complexity index is 328. The van der Waals surface area contributed by atoms with Crippen LogP contribution >= 0.6 is 0 Å². The van der Waals surface area contributed by atoms with Crippen LogP contribution in [0.25, 0.3) is 0 Å². The van der Waals surface area contributed by atoms with Crippen molar-refractivity contribution in [1.29, 1.82) is 0 Å². The molecule has 20 heavy (non-hydrogen) atoms. The van der Waals surface area contributed by atoms with Gasteiger partial charge in [0.15, 0.2) is 0 Å². The second-order valence-corrected chi connectivity index (χ2v) is 6.83. The molecule has 6 heteroatoms. The molecule has 0 radical (unpaired) electrons. The Balaban J connectivity index is 2.40. The van der Waals surface area contributed by atoms with Crippen molar-refractivity contribution in [1.82, 2.24) is 9.91 Å². The first-order chi connectivity index (χ1) is 9.24. The third-order valence-electron chi connectivity index (χ3n) is 4.00. The minimum atomic E-state index is -0.208. The summed E-state index contributed by atoms with van der Waals surface area (Å²) in [6.45, 7) is 13.5. The van der Waals surface area contributed by atoms with E-state index < -0.39 is 0 Å². The van der Waals surface area contributed by atoms with Crippen molar-refractivity contribution in [2.24, 2.45) is 11.2 Å². The Kier molecular flexibility index (Phi) is 6.05. The quantitative estimate of drug-likeness (QED) is 0.463. The SMILES string of the molecule is CCC(C)CN1CC[C@@H](O/N=[N+](\O)N(C)C(C)(C)C)C1. The molecule has 1 N–H and O–H groups in total. The predicted octanol–water partition coefficient (Wildman–Crippen LogP) is 2.54. The first-order valence-corrected chi connectivity index (χ1v) is 7.56. The summed E-state index contributed by atoms with van der Waals surface area (Å²) in [6, 6.07) is 0. The van der Waals surface area contributed by atoms with Gasteiger partial charge in [-0.25, -0.2) is 5.21 Å². The molecule has 1 aliphatic rings. The minimum absolute atomic E-state index is 0.0714. The van der Waals surface area contributed by atoms with Crippen molar-refractivity contribution < 1.29 is 15.0 Å². The van der Waals surface area contributed by atoms with Gasteiger partial charge in [-0.2, -0.15) is 0 Å². The molecular weight excluding hydrogens is 256 g/mol. The van der Waals surface area contributed by atoms with Gasteiger partial charge < -0.3 is 4.84 Å². The smallest absolute Gasteiger partial charge is 0.274 e. The van der Waals surface area contributed by atoms with Crippen molar-refractivity contribution in [3.63, 3.8) is 0 Å². The molecule has 0 aliphatic carbocycles. The fourth-order valence-electron chi connectivity index (χ4n) is 2.05. The lowest BCUT2D eigenvalue weighted by Crippen LogP contribution is -2.43. The summed E-state index contributed by atoms with van der Waals surface area (Å²) in [7, 11) is 1.77. The molecule has 6 nitrogen and oxygen atoms in total. The van der Waals surface area contributed by atoms with Crippen molar-refractivity contribution in [3.05, 3.63) is 0 Å². The van der Waals surface area contributed by atoms with E-state index in [4.69, 9.17) is 4.84 Å².